The Balaban J connectivity index is 2.28. The molecule has 2 heteroatoms. The van der Waals surface area contributed by atoms with Gasteiger partial charge < -0.3 is 5.73 Å². The van der Waals surface area contributed by atoms with E-state index in [2.05, 4.69) is 52.0 Å². The molecule has 1 aromatic rings. The van der Waals surface area contributed by atoms with Crippen LogP contribution in [0.4, 0.5) is 0 Å². The predicted octanol–water partition coefficient (Wildman–Crippen LogP) is 4.24. The molecular weight excluding hydrogens is 226 g/mol. The number of hydrogen-bond acceptors (Lipinski definition) is 2. The van der Waals surface area contributed by atoms with Gasteiger partial charge in [-0.2, -0.15) is 0 Å². The van der Waals surface area contributed by atoms with Crippen molar-refractivity contribution in [3.63, 3.8) is 0 Å². The molecule has 17 heavy (non-hydrogen) atoms. The molecule has 0 saturated carbocycles. The van der Waals surface area contributed by atoms with Gasteiger partial charge in [-0.3, -0.25) is 0 Å². The number of rotatable bonds is 5. The molecular formula is C15H25NS. The van der Waals surface area contributed by atoms with Crippen LogP contribution >= 0.6 is 11.8 Å². The maximum atomic E-state index is 6.14. The molecule has 0 heterocycles. The number of benzene rings is 1. The van der Waals surface area contributed by atoms with Gasteiger partial charge in [0.15, 0.2) is 0 Å². The van der Waals surface area contributed by atoms with Gasteiger partial charge in [0.05, 0.1) is 0 Å². The maximum Gasteiger partial charge on any atom is 0.0134 e. The van der Waals surface area contributed by atoms with Gasteiger partial charge in [0, 0.05) is 16.7 Å². The molecule has 0 aliphatic carbocycles. The fraction of sp³-hybridized carbons (Fsp3) is 0.600. The second-order valence-electron chi connectivity index (χ2n) is 5.98. The van der Waals surface area contributed by atoms with Gasteiger partial charge in [-0.05, 0) is 37.3 Å². The summed E-state index contributed by atoms with van der Waals surface area (Å²) in [5.41, 5.74) is 7.84. The Kier molecular flexibility index (Phi) is 5.54. The standard InChI is InChI=1S/C15H25NS/c1-12-5-7-14(8-6-12)17-11-13(16)9-10-15(2,3)4/h5-8,13H,9-11,16H2,1-4H3. The summed E-state index contributed by atoms with van der Waals surface area (Å²) in [7, 11) is 0. The monoisotopic (exact) mass is 251 g/mol. The van der Waals surface area contributed by atoms with Crippen LogP contribution in [0, 0.1) is 12.3 Å². The quantitative estimate of drug-likeness (QED) is 0.792. The second kappa shape index (κ2) is 6.46. The van der Waals surface area contributed by atoms with Crippen molar-refractivity contribution in [3.05, 3.63) is 29.8 Å². The van der Waals surface area contributed by atoms with Gasteiger partial charge in [-0.25, -0.2) is 0 Å². The van der Waals surface area contributed by atoms with Gasteiger partial charge in [0.1, 0.15) is 0 Å². The lowest BCUT2D eigenvalue weighted by molar-refractivity contribution is 0.353. The Morgan fingerprint density at radius 3 is 2.29 bits per heavy atom. The maximum absolute atomic E-state index is 6.14. The number of thioether (sulfide) groups is 1. The largest absolute Gasteiger partial charge is 0.327 e. The molecule has 1 unspecified atom stereocenters. The molecule has 1 aromatic carbocycles. The molecule has 0 aliphatic rings. The van der Waals surface area contributed by atoms with Crippen LogP contribution in [-0.2, 0) is 0 Å². The van der Waals surface area contributed by atoms with Crippen molar-refractivity contribution in [2.24, 2.45) is 11.1 Å². The molecule has 0 saturated heterocycles. The Morgan fingerprint density at radius 2 is 1.76 bits per heavy atom. The zero-order chi connectivity index (χ0) is 12.9. The number of aryl methyl sites for hydroxylation is 1. The van der Waals surface area contributed by atoms with Crippen LogP contribution in [0.3, 0.4) is 0 Å². The fourth-order valence-corrected chi connectivity index (χ4v) is 2.44. The van der Waals surface area contributed by atoms with E-state index in [-0.39, 0.29) is 0 Å². The first kappa shape index (κ1) is 14.6. The number of nitrogens with two attached hydrogens (primary N) is 1. The van der Waals surface area contributed by atoms with Crippen LogP contribution in [0.25, 0.3) is 0 Å². The molecule has 0 aliphatic heterocycles. The van der Waals surface area contributed by atoms with Crippen LogP contribution in [0.5, 0.6) is 0 Å². The third kappa shape index (κ3) is 6.75. The van der Waals surface area contributed by atoms with Crippen molar-refractivity contribution in [3.8, 4) is 0 Å². The van der Waals surface area contributed by atoms with Crippen LogP contribution in [-0.4, -0.2) is 11.8 Å². The van der Waals surface area contributed by atoms with Crippen LogP contribution in [0.2, 0.25) is 0 Å². The average molecular weight is 251 g/mol. The minimum Gasteiger partial charge on any atom is -0.327 e. The minimum atomic E-state index is 0.306. The topological polar surface area (TPSA) is 26.0 Å². The Labute approximate surface area is 110 Å². The zero-order valence-corrected chi connectivity index (χ0v) is 12.3. The normalized spacial score (nSPS) is 13.7. The molecule has 0 aromatic heterocycles. The van der Waals surface area contributed by atoms with Crippen molar-refractivity contribution < 1.29 is 0 Å². The predicted molar refractivity (Wildman–Crippen MR) is 78.6 cm³/mol. The lowest BCUT2D eigenvalue weighted by atomic mass is 9.89. The Bertz CT molecular complexity index is 324. The molecule has 0 spiro atoms. The lowest BCUT2D eigenvalue weighted by Crippen LogP contribution is -2.24. The van der Waals surface area contributed by atoms with E-state index in [9.17, 15) is 0 Å². The second-order valence-corrected chi connectivity index (χ2v) is 7.08. The lowest BCUT2D eigenvalue weighted by Gasteiger charge is -2.20. The first-order chi connectivity index (χ1) is 7.87. The Morgan fingerprint density at radius 1 is 1.18 bits per heavy atom. The van der Waals surface area contributed by atoms with Crippen LogP contribution in [0.15, 0.2) is 29.2 Å². The van der Waals surface area contributed by atoms with E-state index < -0.39 is 0 Å². The van der Waals surface area contributed by atoms with Crippen LogP contribution in [0.1, 0.15) is 39.2 Å². The highest BCUT2D eigenvalue weighted by molar-refractivity contribution is 7.99. The van der Waals surface area contributed by atoms with Crippen molar-refractivity contribution in [2.75, 3.05) is 5.75 Å². The molecule has 1 nitrogen and oxygen atoms in total. The van der Waals surface area contributed by atoms with E-state index in [0.29, 0.717) is 11.5 Å². The van der Waals surface area contributed by atoms with Crippen LogP contribution < -0.4 is 5.73 Å². The fourth-order valence-electron chi connectivity index (χ4n) is 1.54. The van der Waals surface area contributed by atoms with Gasteiger partial charge in [0.2, 0.25) is 0 Å². The average Bonchev–Trinajstić information content (AvgIpc) is 2.25. The highest BCUT2D eigenvalue weighted by atomic mass is 32.2. The summed E-state index contributed by atoms with van der Waals surface area (Å²) < 4.78 is 0. The van der Waals surface area contributed by atoms with E-state index in [1.54, 1.807) is 0 Å². The zero-order valence-electron chi connectivity index (χ0n) is 11.5. The van der Waals surface area contributed by atoms with Crippen molar-refractivity contribution in [1.29, 1.82) is 0 Å². The molecule has 1 atom stereocenters. The van der Waals surface area contributed by atoms with Gasteiger partial charge >= 0.3 is 0 Å². The molecule has 0 amide bonds. The SMILES string of the molecule is Cc1ccc(SCC(N)CCC(C)(C)C)cc1. The summed E-state index contributed by atoms with van der Waals surface area (Å²) in [5, 5.41) is 0. The third-order valence-corrected chi connectivity index (χ3v) is 3.95. The summed E-state index contributed by atoms with van der Waals surface area (Å²) in [6, 6.07) is 8.97. The van der Waals surface area contributed by atoms with Gasteiger partial charge in [0.25, 0.3) is 0 Å². The van der Waals surface area contributed by atoms with Crippen molar-refractivity contribution >= 4 is 11.8 Å². The molecule has 2 N–H and O–H groups in total. The third-order valence-electron chi connectivity index (χ3n) is 2.75. The molecule has 0 bridgehead atoms. The van der Waals surface area contributed by atoms with Crippen molar-refractivity contribution in [2.45, 2.75) is 51.5 Å². The first-order valence-corrected chi connectivity index (χ1v) is 7.30. The van der Waals surface area contributed by atoms with E-state index in [1.165, 1.54) is 16.9 Å². The van der Waals surface area contributed by atoms with E-state index in [1.807, 2.05) is 11.8 Å². The molecule has 1 rings (SSSR count). The minimum absolute atomic E-state index is 0.306. The molecule has 96 valence electrons. The summed E-state index contributed by atoms with van der Waals surface area (Å²) in [6.45, 7) is 8.93. The summed E-state index contributed by atoms with van der Waals surface area (Å²) in [4.78, 5) is 1.32. The summed E-state index contributed by atoms with van der Waals surface area (Å²) in [6.07, 6.45) is 2.31. The van der Waals surface area contributed by atoms with Gasteiger partial charge in [-0.15, -0.1) is 11.8 Å². The summed E-state index contributed by atoms with van der Waals surface area (Å²) in [5.74, 6) is 1.01. The Hall–Kier alpha value is -0.470. The highest BCUT2D eigenvalue weighted by Crippen LogP contribution is 2.24. The first-order valence-electron chi connectivity index (χ1n) is 6.32. The van der Waals surface area contributed by atoms with Gasteiger partial charge in [-0.1, -0.05) is 38.5 Å². The molecule has 0 radical (unpaired) electrons. The van der Waals surface area contributed by atoms with E-state index >= 15 is 0 Å². The summed E-state index contributed by atoms with van der Waals surface area (Å²) >= 11 is 1.86. The number of hydrogen-bond donors (Lipinski definition) is 1. The smallest absolute Gasteiger partial charge is 0.0134 e. The van der Waals surface area contributed by atoms with Crippen molar-refractivity contribution in [1.82, 2.24) is 0 Å². The van der Waals surface area contributed by atoms with E-state index in [4.69, 9.17) is 5.73 Å². The van der Waals surface area contributed by atoms with E-state index in [0.717, 1.165) is 12.2 Å². The molecule has 0 fully saturated rings. The highest BCUT2D eigenvalue weighted by Gasteiger charge is 2.12.